The third-order valence-corrected chi connectivity index (χ3v) is 2.56. The Morgan fingerprint density at radius 3 is 2.44 bits per heavy atom. The fraction of sp³-hybridized carbons (Fsp3) is 0.714. The molecule has 52 valence electrons. The molecule has 0 aliphatic carbocycles. The van der Waals surface area contributed by atoms with Crippen molar-refractivity contribution < 1.29 is 0 Å². The molecule has 1 nitrogen and oxygen atoms in total. The lowest BCUT2D eigenvalue weighted by Crippen LogP contribution is -1.87. The monoisotopic (exact) mass is 143 g/mol. The van der Waals surface area contributed by atoms with Crippen LogP contribution in [0.3, 0.4) is 0 Å². The number of hydrogen-bond acceptors (Lipinski definition) is 0. The fourth-order valence-corrected chi connectivity index (χ4v) is 1.58. The molecular formula is C7H14NP. The van der Waals surface area contributed by atoms with E-state index in [0.29, 0.717) is 6.54 Å². The van der Waals surface area contributed by atoms with Crippen molar-refractivity contribution in [2.24, 2.45) is 0 Å². The van der Waals surface area contributed by atoms with Crippen LogP contribution in [0.25, 0.3) is 4.85 Å². The molecule has 0 heterocycles. The Labute approximate surface area is 57.9 Å². The van der Waals surface area contributed by atoms with Crippen molar-refractivity contribution in [1.29, 1.82) is 0 Å². The summed E-state index contributed by atoms with van der Waals surface area (Å²) in [6.45, 7) is 10.8. The predicted molar refractivity (Wildman–Crippen MR) is 46.8 cm³/mol. The highest BCUT2D eigenvalue weighted by Gasteiger charge is 1.98. The zero-order valence-electron chi connectivity index (χ0n) is 6.22. The number of rotatable bonds is 3. The summed E-state index contributed by atoms with van der Waals surface area (Å²) < 4.78 is 0. The minimum atomic E-state index is -0.839. The van der Waals surface area contributed by atoms with E-state index in [1.807, 2.05) is 0 Å². The van der Waals surface area contributed by atoms with Gasteiger partial charge in [-0.3, -0.25) is 0 Å². The van der Waals surface area contributed by atoms with Gasteiger partial charge in [0.25, 0.3) is 0 Å². The van der Waals surface area contributed by atoms with Crippen molar-refractivity contribution in [3.8, 4) is 0 Å². The van der Waals surface area contributed by atoms with E-state index in [2.05, 4.69) is 24.5 Å². The molecule has 0 spiro atoms. The zero-order valence-corrected chi connectivity index (χ0v) is 7.12. The molecule has 0 bridgehead atoms. The number of hydrogen-bond donors (Lipinski definition) is 0. The van der Waals surface area contributed by atoms with Gasteiger partial charge in [0.15, 0.2) is 0 Å². The normalized spacial score (nSPS) is 10.8. The van der Waals surface area contributed by atoms with Crippen molar-refractivity contribution in [3.05, 3.63) is 11.4 Å². The Balaban J connectivity index is 3.32. The molecule has 0 aromatic heterocycles. The van der Waals surface area contributed by atoms with E-state index in [4.69, 9.17) is 6.57 Å². The predicted octanol–water partition coefficient (Wildman–Crippen LogP) is 2.00. The lowest BCUT2D eigenvalue weighted by atomic mass is 10.5. The molecular weight excluding hydrogens is 129 g/mol. The maximum atomic E-state index is 6.53. The maximum Gasteiger partial charge on any atom is 0.215 e. The quantitative estimate of drug-likeness (QED) is 0.323. The average Bonchev–Trinajstić information content (AvgIpc) is 1.63. The third-order valence-electron chi connectivity index (χ3n) is 1.03. The molecule has 0 radical (unpaired) electrons. The Morgan fingerprint density at radius 2 is 2.11 bits per heavy atom. The maximum absolute atomic E-state index is 6.53. The van der Waals surface area contributed by atoms with E-state index in [0.717, 1.165) is 12.6 Å². The second-order valence-electron chi connectivity index (χ2n) is 2.89. The first-order valence-electron chi connectivity index (χ1n) is 3.07. The smallest absolute Gasteiger partial charge is 0.215 e. The highest BCUT2D eigenvalue weighted by molar-refractivity contribution is 7.72. The Morgan fingerprint density at radius 1 is 1.56 bits per heavy atom. The first-order chi connectivity index (χ1) is 4.06. The second kappa shape index (κ2) is 3.75. The van der Waals surface area contributed by atoms with Crippen LogP contribution in [-0.4, -0.2) is 32.3 Å². The van der Waals surface area contributed by atoms with E-state index >= 15 is 0 Å². The van der Waals surface area contributed by atoms with Crippen LogP contribution in [-0.2, 0) is 0 Å². The van der Waals surface area contributed by atoms with Crippen LogP contribution < -0.4 is 0 Å². The fourth-order valence-electron chi connectivity index (χ4n) is 0.578. The van der Waals surface area contributed by atoms with Gasteiger partial charge in [-0.15, -0.1) is 13.2 Å². The topological polar surface area (TPSA) is 4.36 Å². The Kier molecular flexibility index (Phi) is 3.66. The van der Waals surface area contributed by atoms with Gasteiger partial charge in [-0.05, 0) is 19.5 Å². The summed E-state index contributed by atoms with van der Waals surface area (Å²) in [5, 5.41) is 0. The minimum Gasteiger partial charge on any atom is -0.317 e. The molecule has 0 unspecified atom stereocenters. The zero-order chi connectivity index (χ0) is 7.33. The van der Waals surface area contributed by atoms with Gasteiger partial charge in [0.1, 0.15) is 0 Å². The molecule has 0 aromatic rings. The second-order valence-corrected chi connectivity index (χ2v) is 7.21. The van der Waals surface area contributed by atoms with E-state index in [-0.39, 0.29) is 0 Å². The Hall–Kier alpha value is -0.210. The first-order valence-corrected chi connectivity index (χ1v) is 6.12. The molecule has 0 atom stereocenters. The van der Waals surface area contributed by atoms with Crippen molar-refractivity contribution in [2.45, 2.75) is 6.42 Å². The largest absolute Gasteiger partial charge is 0.317 e. The van der Waals surface area contributed by atoms with Gasteiger partial charge in [-0.2, -0.15) is 0 Å². The molecule has 0 N–H and O–H groups in total. The van der Waals surface area contributed by atoms with E-state index < -0.39 is 6.89 Å². The van der Waals surface area contributed by atoms with E-state index in [9.17, 15) is 0 Å². The summed E-state index contributed by atoms with van der Waals surface area (Å²) in [6.07, 6.45) is 6.25. The van der Waals surface area contributed by atoms with Crippen molar-refractivity contribution in [2.75, 3.05) is 26.0 Å². The third kappa shape index (κ3) is 7.79. The minimum absolute atomic E-state index is 0.680. The van der Waals surface area contributed by atoms with Crippen LogP contribution in [0.5, 0.6) is 0 Å². The number of nitrogens with zero attached hydrogens (tertiary/aromatic N) is 1. The molecule has 0 aliphatic rings. The van der Waals surface area contributed by atoms with Gasteiger partial charge in [-0.1, -0.05) is 0 Å². The van der Waals surface area contributed by atoms with Gasteiger partial charge in [-0.25, -0.2) is 6.57 Å². The molecule has 0 saturated heterocycles. The van der Waals surface area contributed by atoms with Crippen molar-refractivity contribution in [1.82, 2.24) is 0 Å². The summed E-state index contributed by atoms with van der Waals surface area (Å²) in [6, 6.07) is 0. The summed E-state index contributed by atoms with van der Waals surface area (Å²) in [5.74, 6) is 0. The summed E-state index contributed by atoms with van der Waals surface area (Å²) in [4.78, 5) is 3.28. The van der Waals surface area contributed by atoms with Gasteiger partial charge in [0, 0.05) is 6.42 Å². The van der Waals surface area contributed by atoms with Crippen LogP contribution in [0.2, 0.25) is 0 Å². The SMILES string of the molecule is [C-]#[N+]CCCP(=C)(C)C. The van der Waals surface area contributed by atoms with Crippen LogP contribution in [0.1, 0.15) is 6.42 Å². The average molecular weight is 143 g/mol. The highest BCUT2D eigenvalue weighted by atomic mass is 31.2. The summed E-state index contributed by atoms with van der Waals surface area (Å²) in [7, 11) is 0. The molecule has 0 saturated carbocycles. The standard InChI is InChI=1S/C7H14NP/c1-8-6-5-7-9(2,3)4/h2,5-7H2,3-4H3. The van der Waals surface area contributed by atoms with Gasteiger partial charge < -0.3 is 4.85 Å². The van der Waals surface area contributed by atoms with Crippen molar-refractivity contribution >= 4 is 13.2 Å². The summed E-state index contributed by atoms with van der Waals surface area (Å²) >= 11 is 0. The van der Waals surface area contributed by atoms with Crippen LogP contribution in [0.15, 0.2) is 0 Å². The lowest BCUT2D eigenvalue weighted by molar-refractivity contribution is 1.04. The summed E-state index contributed by atoms with van der Waals surface area (Å²) in [5.41, 5.74) is 0. The molecule has 0 amide bonds. The molecule has 0 aliphatic heterocycles. The van der Waals surface area contributed by atoms with E-state index in [1.54, 1.807) is 0 Å². The van der Waals surface area contributed by atoms with Gasteiger partial charge in [0.05, 0.1) is 0 Å². The van der Waals surface area contributed by atoms with Crippen LogP contribution in [0, 0.1) is 6.57 Å². The van der Waals surface area contributed by atoms with Crippen LogP contribution >= 0.6 is 6.89 Å². The van der Waals surface area contributed by atoms with Gasteiger partial charge in [0.2, 0.25) is 6.54 Å². The van der Waals surface area contributed by atoms with Crippen LogP contribution in [0.4, 0.5) is 0 Å². The first kappa shape index (κ1) is 8.79. The van der Waals surface area contributed by atoms with Gasteiger partial charge >= 0.3 is 0 Å². The highest BCUT2D eigenvalue weighted by Crippen LogP contribution is 2.35. The molecule has 0 fully saturated rings. The van der Waals surface area contributed by atoms with Crippen molar-refractivity contribution in [3.63, 3.8) is 0 Å². The lowest BCUT2D eigenvalue weighted by Gasteiger charge is -2.08. The Bertz CT molecular complexity index is 149. The molecule has 0 aromatic carbocycles. The molecule has 2 heteroatoms. The van der Waals surface area contributed by atoms with E-state index in [1.165, 1.54) is 0 Å². The molecule has 0 rings (SSSR count). The molecule has 9 heavy (non-hydrogen) atoms.